The maximum Gasteiger partial charge on any atom is 0.339 e. The zero-order chi connectivity index (χ0) is 77.1. The van der Waals surface area contributed by atoms with Crippen LogP contribution in [0.15, 0.2) is 183 Å². The van der Waals surface area contributed by atoms with Gasteiger partial charge in [-0.15, -0.1) is 0 Å². The van der Waals surface area contributed by atoms with Crippen LogP contribution < -0.4 is 25.8 Å². The van der Waals surface area contributed by atoms with Crippen molar-refractivity contribution in [2.75, 3.05) is 26.7 Å². The molecule has 18 rings (SSSR count). The first-order chi connectivity index (χ1) is 52.9. The van der Waals surface area contributed by atoms with Gasteiger partial charge in [-0.2, -0.15) is 5.26 Å². The van der Waals surface area contributed by atoms with Crippen LogP contribution in [0.1, 0.15) is 114 Å². The van der Waals surface area contributed by atoms with Crippen LogP contribution in [0.25, 0.3) is 33.1 Å². The average molecular weight is 1570 g/mol. The van der Waals surface area contributed by atoms with Crippen molar-refractivity contribution in [2.24, 2.45) is 11.7 Å². The zero-order valence-corrected chi connectivity index (χ0v) is 63.6. The van der Waals surface area contributed by atoms with E-state index in [0.717, 1.165) is 87.5 Å². The molecule has 4 aliphatic carbocycles. The minimum Gasteiger partial charge on any atom is -0.326 e. The average Bonchev–Trinajstić information content (AvgIpc) is 1.54. The SMILES string of the molecule is CC(C)CCn1c(CN2C(=O)N(C3CC3)S(=O)(=O)c3ccccc32)nc2cc(CN)ccc21.N#CCCCn1c(CN2C(=O)N(C3CC3)S(=O)(=O)c3ccccc32)nc2ccccc21.O=C1N(Cc2nc3ccccc3n2CCCF)c2ccccc2S(=O)(=O)N1C1CC1.O=C1Nc2ccccc2S(=O)(=O)N1C1CC1. The van der Waals surface area contributed by atoms with Crippen molar-refractivity contribution in [3.05, 3.63) is 187 Å². The molecule has 10 aromatic rings. The van der Waals surface area contributed by atoms with Crippen LogP contribution in [0, 0.1) is 17.2 Å². The van der Waals surface area contributed by atoms with Crippen molar-refractivity contribution in [1.29, 1.82) is 5.26 Å². The summed E-state index contributed by atoms with van der Waals surface area (Å²) < 4.78 is 126. The number of sulfonamides is 4. The van der Waals surface area contributed by atoms with Gasteiger partial charge in [0.25, 0.3) is 40.1 Å². The molecule has 4 fully saturated rings. The monoisotopic (exact) mass is 1570 g/mol. The number of unbranched alkanes of at least 4 members (excludes halogenated alkanes) is 1. The van der Waals surface area contributed by atoms with E-state index in [0.29, 0.717) is 118 Å². The predicted octanol–water partition coefficient (Wildman–Crippen LogP) is 12.5. The van der Waals surface area contributed by atoms with Gasteiger partial charge >= 0.3 is 24.1 Å². The Bertz CT molecular complexity index is 5830. The second-order valence-electron chi connectivity index (χ2n) is 28.6. The Kier molecular flexibility index (Phi) is 20.3. The number of halogens is 1. The lowest BCUT2D eigenvalue weighted by Crippen LogP contribution is -2.51. The highest BCUT2D eigenvalue weighted by atomic mass is 32.2. The lowest BCUT2D eigenvalue weighted by Gasteiger charge is -2.36. The number of imidazole rings is 3. The Morgan fingerprint density at radius 3 is 1.25 bits per heavy atom. The van der Waals surface area contributed by atoms with Crippen molar-refractivity contribution in [1.82, 2.24) is 45.9 Å². The molecular weight excluding hydrogens is 1490 g/mol. The molecule has 0 atom stereocenters. The summed E-state index contributed by atoms with van der Waals surface area (Å²) in [7, 11) is -15.3. The standard InChI is InChI=1S/C24H29N5O3S.C22H21N5O3S.C21H21FN4O3S.C10H10N2O3S/c1-16(2)11-12-27-20-10-7-17(14-25)13-19(20)26-23(27)15-28-21-5-3-4-6-22(21)33(31,32)29(24(28)30)18-8-9-18;23-13-5-6-14-25-18-8-2-1-7-17(18)24-21(25)15-26-19-9-3-4-10-20(19)31(29,30)27(22(26)28)16-11-12-16;22-12-5-13-24-17-7-2-1-6-16(17)23-20(24)14-25-18-8-3-4-9-19(18)30(28,29)26(21(25)27)15-10-11-15;13-10-11-8-3-1-2-4-9(8)16(14,15)12(10)7-5-6-7/h3-7,10,13,16,18H,8-9,11-12,14-15,25H2,1-2H3;1-4,7-10,16H,5-6,11-12,14-15H2;1-4,6-9,15H,5,10-14H2;1-4,7H,5-6H2,(H,11,13). The van der Waals surface area contributed by atoms with E-state index in [-0.39, 0.29) is 63.4 Å². The number of carbonyl (C=O) groups excluding carboxylic acids is 4. The summed E-state index contributed by atoms with van der Waals surface area (Å²) >= 11 is 0. The Morgan fingerprint density at radius 1 is 0.464 bits per heavy atom. The van der Waals surface area contributed by atoms with Crippen LogP contribution in [0.4, 0.5) is 46.3 Å². The van der Waals surface area contributed by atoms with Gasteiger partial charge in [0.1, 0.15) is 37.1 Å². The molecule has 33 heteroatoms. The molecular formula is C77H81FN16O12S4. The topological polar surface area (TPSA) is 343 Å². The predicted molar refractivity (Wildman–Crippen MR) is 410 cm³/mol. The number of nitrogens with two attached hydrogens (primary N) is 1. The molecule has 572 valence electrons. The number of nitrogens with one attached hydrogen (secondary N) is 1. The molecule has 110 heavy (non-hydrogen) atoms. The van der Waals surface area contributed by atoms with Gasteiger partial charge in [0.05, 0.1) is 112 Å². The molecule has 28 nitrogen and oxygen atoms in total. The number of fused-ring (bicyclic) bond motifs is 7. The maximum absolute atomic E-state index is 13.5. The van der Waals surface area contributed by atoms with E-state index in [1.165, 1.54) is 21.9 Å². The number of aromatic nitrogens is 6. The minimum absolute atomic E-state index is 0.107. The van der Waals surface area contributed by atoms with Crippen LogP contribution >= 0.6 is 0 Å². The minimum atomic E-state index is -3.88. The van der Waals surface area contributed by atoms with E-state index < -0.39 is 70.9 Å². The summed E-state index contributed by atoms with van der Waals surface area (Å²) in [5.74, 6) is 2.50. The third kappa shape index (κ3) is 14.1. The van der Waals surface area contributed by atoms with Crippen LogP contribution in [-0.2, 0) is 85.9 Å². The Labute approximate surface area is 636 Å². The number of carbonyl (C=O) groups is 4. The van der Waals surface area contributed by atoms with E-state index in [9.17, 15) is 57.2 Å². The Hall–Kier alpha value is -10.8. The number of rotatable bonds is 20. The van der Waals surface area contributed by atoms with Gasteiger partial charge in [-0.25, -0.2) is 85.0 Å². The molecule has 0 bridgehead atoms. The molecule has 4 aliphatic heterocycles. The summed E-state index contributed by atoms with van der Waals surface area (Å²) in [5, 5.41) is 11.5. The van der Waals surface area contributed by atoms with Crippen molar-refractivity contribution in [3.63, 3.8) is 0 Å². The summed E-state index contributed by atoms with van der Waals surface area (Å²) in [4.78, 5) is 71.3. The molecule has 4 saturated carbocycles. The summed E-state index contributed by atoms with van der Waals surface area (Å²) in [5.41, 5.74) is 13.5. The van der Waals surface area contributed by atoms with Crippen LogP contribution in [0.5, 0.6) is 0 Å². The number of amides is 8. The van der Waals surface area contributed by atoms with Gasteiger partial charge in [-0.3, -0.25) is 19.1 Å². The molecule has 0 unspecified atom stereocenters. The fourth-order valence-electron chi connectivity index (χ4n) is 14.3. The summed E-state index contributed by atoms with van der Waals surface area (Å²) in [6, 6.07) is 46.7. The molecule has 0 spiro atoms. The van der Waals surface area contributed by atoms with E-state index in [2.05, 4.69) is 34.8 Å². The van der Waals surface area contributed by atoms with E-state index >= 15 is 0 Å². The number of aryl methyl sites for hydroxylation is 3. The van der Waals surface area contributed by atoms with Gasteiger partial charge in [-0.1, -0.05) is 92.7 Å². The first-order valence-electron chi connectivity index (χ1n) is 36.7. The maximum atomic E-state index is 13.5. The molecule has 0 radical (unpaired) electrons. The molecule has 8 aliphatic rings. The highest BCUT2D eigenvalue weighted by Crippen LogP contribution is 2.46. The second-order valence-corrected chi connectivity index (χ2v) is 35.7. The second kappa shape index (κ2) is 29.9. The summed E-state index contributed by atoms with van der Waals surface area (Å²) in [6.07, 6.45) is 8.04. The van der Waals surface area contributed by atoms with E-state index in [1.807, 2.05) is 75.9 Å². The molecule has 7 aromatic carbocycles. The number of nitriles is 1. The Balaban J connectivity index is 0.000000119. The van der Waals surface area contributed by atoms with Gasteiger partial charge in [0.15, 0.2) is 0 Å². The largest absolute Gasteiger partial charge is 0.339 e. The van der Waals surface area contributed by atoms with Gasteiger partial charge in [0.2, 0.25) is 0 Å². The van der Waals surface area contributed by atoms with Gasteiger partial charge in [0, 0.05) is 32.6 Å². The number of hydrogen-bond acceptors (Lipinski definition) is 17. The van der Waals surface area contributed by atoms with Crippen molar-refractivity contribution >= 4 is 120 Å². The first kappa shape index (κ1) is 74.7. The molecule has 7 heterocycles. The molecule has 3 aromatic heterocycles. The number of benzene rings is 7. The Morgan fingerprint density at radius 2 is 0.827 bits per heavy atom. The molecule has 0 saturated heterocycles. The summed E-state index contributed by atoms with van der Waals surface area (Å²) in [6.45, 7) is 6.56. The lowest BCUT2D eigenvalue weighted by atomic mass is 10.1. The molecule has 3 N–H and O–H groups in total. The number of alkyl halides is 1. The third-order valence-electron chi connectivity index (χ3n) is 20.3. The van der Waals surface area contributed by atoms with Crippen LogP contribution in [-0.4, -0.2) is 135 Å². The molecule has 8 amide bonds. The number of urea groups is 4. The van der Waals surface area contributed by atoms with E-state index in [1.54, 1.807) is 89.8 Å². The van der Waals surface area contributed by atoms with Crippen LogP contribution in [0.2, 0.25) is 0 Å². The quantitative estimate of drug-likeness (QED) is 0.0669. The number of para-hydroxylation sites is 8. The van der Waals surface area contributed by atoms with Crippen LogP contribution in [0.3, 0.4) is 0 Å². The smallest absolute Gasteiger partial charge is 0.326 e. The number of anilines is 4. The number of hydrogen-bond donors (Lipinski definition) is 2. The van der Waals surface area contributed by atoms with Crippen molar-refractivity contribution in [3.8, 4) is 6.07 Å². The first-order valence-corrected chi connectivity index (χ1v) is 42.5. The van der Waals surface area contributed by atoms with Gasteiger partial charge in [-0.05, 0) is 167 Å². The highest BCUT2D eigenvalue weighted by Gasteiger charge is 2.52. The fourth-order valence-corrected chi connectivity index (χ4v) is 21.5. The highest BCUT2D eigenvalue weighted by molar-refractivity contribution is 7.91. The van der Waals surface area contributed by atoms with Crippen molar-refractivity contribution < 1.29 is 57.2 Å². The lowest BCUT2D eigenvalue weighted by molar-refractivity contribution is 0.224. The zero-order valence-electron chi connectivity index (χ0n) is 60.4. The normalized spacial score (nSPS) is 18.5. The third-order valence-corrected chi connectivity index (χ3v) is 27.8. The van der Waals surface area contributed by atoms with Crippen molar-refractivity contribution in [2.45, 2.75) is 180 Å². The number of nitrogens with zero attached hydrogens (tertiary/aromatic N) is 14. The van der Waals surface area contributed by atoms with E-state index in [4.69, 9.17) is 21.0 Å². The van der Waals surface area contributed by atoms with Gasteiger partial charge < -0.3 is 24.8 Å². The fraction of sp³-hybridized carbons (Fsp3) is 0.351.